The Morgan fingerprint density at radius 3 is 2.71 bits per heavy atom. The van der Waals surface area contributed by atoms with Crippen LogP contribution in [0, 0.1) is 0 Å². The molecular weight excluding hydrogens is 321 g/mol. The van der Waals surface area contributed by atoms with E-state index in [1.807, 2.05) is 0 Å². The number of carbonyl (C=O) groups excluding carboxylic acids is 1. The molecule has 2 amide bonds. The van der Waals surface area contributed by atoms with Gasteiger partial charge in [-0.2, -0.15) is 0 Å². The minimum absolute atomic E-state index is 0.0229. The molecule has 0 saturated carbocycles. The highest BCUT2D eigenvalue weighted by Gasteiger charge is 2.17. The number of carboxylic acids is 1. The SMILES string of the molecule is O=C(NCc1ccno1)Nc1c(Cl)cc(Cl)cc1C(=O)O. The fraction of sp³-hybridized carbons (Fsp3) is 0.0833. The number of aromatic carboxylic acids is 1. The first-order valence-electron chi connectivity index (χ1n) is 5.64. The lowest BCUT2D eigenvalue weighted by atomic mass is 10.2. The normalized spacial score (nSPS) is 10.2. The molecular formula is C12H9Cl2N3O4. The highest BCUT2D eigenvalue weighted by Crippen LogP contribution is 2.30. The van der Waals surface area contributed by atoms with Crippen molar-refractivity contribution in [2.45, 2.75) is 6.54 Å². The molecule has 2 aromatic rings. The van der Waals surface area contributed by atoms with Gasteiger partial charge in [-0.25, -0.2) is 9.59 Å². The Morgan fingerprint density at radius 2 is 2.10 bits per heavy atom. The van der Waals surface area contributed by atoms with E-state index in [0.29, 0.717) is 5.76 Å². The van der Waals surface area contributed by atoms with Crippen LogP contribution < -0.4 is 10.6 Å². The van der Waals surface area contributed by atoms with Gasteiger partial charge in [-0.1, -0.05) is 28.4 Å². The summed E-state index contributed by atoms with van der Waals surface area (Å²) < 4.78 is 4.81. The second kappa shape index (κ2) is 6.47. The number of hydrogen-bond donors (Lipinski definition) is 3. The predicted molar refractivity (Wildman–Crippen MR) is 75.8 cm³/mol. The number of halogens is 2. The molecule has 0 bridgehead atoms. The van der Waals surface area contributed by atoms with Gasteiger partial charge in [-0.15, -0.1) is 0 Å². The third-order valence-corrected chi connectivity index (χ3v) is 2.95. The molecule has 21 heavy (non-hydrogen) atoms. The summed E-state index contributed by atoms with van der Waals surface area (Å²) in [7, 11) is 0. The van der Waals surface area contributed by atoms with E-state index in [1.165, 1.54) is 18.3 Å². The van der Waals surface area contributed by atoms with Gasteiger partial charge in [0.2, 0.25) is 0 Å². The quantitative estimate of drug-likeness (QED) is 0.799. The summed E-state index contributed by atoms with van der Waals surface area (Å²) in [5.74, 6) is -0.809. The predicted octanol–water partition coefficient (Wildman–Crippen LogP) is 3.00. The summed E-state index contributed by atoms with van der Waals surface area (Å²) >= 11 is 11.6. The van der Waals surface area contributed by atoms with Crippen LogP contribution in [0.3, 0.4) is 0 Å². The molecule has 3 N–H and O–H groups in total. The number of anilines is 1. The van der Waals surface area contributed by atoms with Crippen molar-refractivity contribution in [2.75, 3.05) is 5.32 Å². The maximum Gasteiger partial charge on any atom is 0.337 e. The zero-order chi connectivity index (χ0) is 15.4. The lowest BCUT2D eigenvalue weighted by molar-refractivity contribution is 0.0698. The lowest BCUT2D eigenvalue weighted by Crippen LogP contribution is -2.29. The molecule has 0 radical (unpaired) electrons. The zero-order valence-corrected chi connectivity index (χ0v) is 11.9. The summed E-state index contributed by atoms with van der Waals surface area (Å²) in [6, 6.07) is 3.47. The fourth-order valence-corrected chi connectivity index (χ4v) is 2.07. The third kappa shape index (κ3) is 3.87. The third-order valence-electron chi connectivity index (χ3n) is 2.44. The summed E-state index contributed by atoms with van der Waals surface area (Å²) in [4.78, 5) is 22.9. The number of amides is 2. The van der Waals surface area contributed by atoms with Crippen LogP contribution in [-0.2, 0) is 6.54 Å². The maximum absolute atomic E-state index is 11.8. The van der Waals surface area contributed by atoms with Gasteiger partial charge in [0.25, 0.3) is 0 Å². The summed E-state index contributed by atoms with van der Waals surface area (Å²) in [6.45, 7) is 0.0967. The van der Waals surface area contributed by atoms with Crippen LogP contribution in [0.1, 0.15) is 16.1 Å². The van der Waals surface area contributed by atoms with Crippen LogP contribution in [-0.4, -0.2) is 22.3 Å². The van der Waals surface area contributed by atoms with Crippen molar-refractivity contribution in [3.63, 3.8) is 0 Å². The van der Waals surface area contributed by atoms with Gasteiger partial charge >= 0.3 is 12.0 Å². The number of carboxylic acid groups (broad SMARTS) is 1. The number of rotatable bonds is 4. The Kier molecular flexibility index (Phi) is 4.66. The number of aromatic nitrogens is 1. The Balaban J connectivity index is 2.11. The van der Waals surface area contributed by atoms with E-state index < -0.39 is 12.0 Å². The second-order valence-electron chi connectivity index (χ2n) is 3.90. The Labute approximate surface area is 128 Å². The van der Waals surface area contributed by atoms with Crippen molar-refractivity contribution < 1.29 is 19.2 Å². The van der Waals surface area contributed by atoms with Gasteiger partial charge in [-0.05, 0) is 12.1 Å². The van der Waals surface area contributed by atoms with Crippen LogP contribution in [0.2, 0.25) is 10.0 Å². The van der Waals surface area contributed by atoms with Gasteiger partial charge in [0, 0.05) is 11.1 Å². The molecule has 0 aliphatic carbocycles. The molecule has 0 spiro atoms. The molecule has 0 fully saturated rings. The largest absolute Gasteiger partial charge is 0.478 e. The average molecular weight is 330 g/mol. The Hall–Kier alpha value is -2.25. The number of hydrogen-bond acceptors (Lipinski definition) is 4. The smallest absolute Gasteiger partial charge is 0.337 e. The van der Waals surface area contributed by atoms with E-state index in [-0.39, 0.29) is 27.8 Å². The first-order chi connectivity index (χ1) is 9.97. The van der Waals surface area contributed by atoms with Crippen LogP contribution in [0.25, 0.3) is 0 Å². The highest BCUT2D eigenvalue weighted by atomic mass is 35.5. The van der Waals surface area contributed by atoms with Crippen molar-refractivity contribution >= 4 is 40.9 Å². The average Bonchev–Trinajstić information content (AvgIpc) is 2.92. The number of nitrogens with zero attached hydrogens (tertiary/aromatic N) is 1. The van der Waals surface area contributed by atoms with E-state index in [1.54, 1.807) is 6.07 Å². The van der Waals surface area contributed by atoms with Crippen LogP contribution in [0.5, 0.6) is 0 Å². The van der Waals surface area contributed by atoms with Crippen molar-refractivity contribution in [1.82, 2.24) is 10.5 Å². The molecule has 0 atom stereocenters. The van der Waals surface area contributed by atoms with Crippen LogP contribution >= 0.6 is 23.2 Å². The van der Waals surface area contributed by atoms with Gasteiger partial charge in [0.15, 0.2) is 5.76 Å². The molecule has 0 saturated heterocycles. The van der Waals surface area contributed by atoms with Gasteiger partial charge in [0.1, 0.15) is 0 Å². The number of carbonyl (C=O) groups is 2. The molecule has 0 unspecified atom stereocenters. The van der Waals surface area contributed by atoms with Crippen molar-refractivity contribution in [3.05, 3.63) is 45.8 Å². The monoisotopic (exact) mass is 329 g/mol. The first kappa shape index (κ1) is 15.1. The topological polar surface area (TPSA) is 104 Å². The van der Waals surface area contributed by atoms with Crippen LogP contribution in [0.15, 0.2) is 28.9 Å². The second-order valence-corrected chi connectivity index (χ2v) is 4.75. The number of urea groups is 1. The zero-order valence-electron chi connectivity index (χ0n) is 10.4. The van der Waals surface area contributed by atoms with Crippen molar-refractivity contribution in [3.8, 4) is 0 Å². The van der Waals surface area contributed by atoms with E-state index >= 15 is 0 Å². The minimum atomic E-state index is -1.26. The molecule has 7 nitrogen and oxygen atoms in total. The van der Waals surface area contributed by atoms with Gasteiger partial charge < -0.3 is 20.3 Å². The summed E-state index contributed by atoms with van der Waals surface area (Å²) in [5, 5.41) is 17.6. The van der Waals surface area contributed by atoms with E-state index in [2.05, 4.69) is 15.8 Å². The lowest BCUT2D eigenvalue weighted by Gasteiger charge is -2.11. The molecule has 1 aromatic carbocycles. The van der Waals surface area contributed by atoms with Crippen molar-refractivity contribution in [1.29, 1.82) is 0 Å². The molecule has 0 aliphatic rings. The fourth-order valence-electron chi connectivity index (χ4n) is 1.53. The Bertz CT molecular complexity index is 673. The highest BCUT2D eigenvalue weighted by molar-refractivity contribution is 6.37. The Morgan fingerprint density at radius 1 is 1.33 bits per heavy atom. The molecule has 110 valence electrons. The molecule has 2 rings (SSSR count). The van der Waals surface area contributed by atoms with Gasteiger partial charge in [0.05, 0.1) is 29.0 Å². The molecule has 1 aromatic heterocycles. The first-order valence-corrected chi connectivity index (χ1v) is 6.39. The minimum Gasteiger partial charge on any atom is -0.478 e. The molecule has 9 heteroatoms. The van der Waals surface area contributed by atoms with Gasteiger partial charge in [-0.3, -0.25) is 0 Å². The standard InChI is InChI=1S/C12H9Cl2N3O4/c13-6-3-8(11(18)19)10(9(14)4-6)17-12(20)15-5-7-1-2-16-21-7/h1-4H,5H2,(H,18,19)(H2,15,17,20). The maximum atomic E-state index is 11.8. The molecule has 1 heterocycles. The molecule has 0 aliphatic heterocycles. The summed E-state index contributed by atoms with van der Waals surface area (Å²) in [5.41, 5.74) is -0.244. The van der Waals surface area contributed by atoms with E-state index in [9.17, 15) is 9.59 Å². The number of nitrogens with one attached hydrogen (secondary N) is 2. The van der Waals surface area contributed by atoms with E-state index in [0.717, 1.165) is 0 Å². The number of benzene rings is 1. The van der Waals surface area contributed by atoms with Crippen molar-refractivity contribution in [2.24, 2.45) is 0 Å². The summed E-state index contributed by atoms with van der Waals surface area (Å²) in [6.07, 6.45) is 1.44. The van der Waals surface area contributed by atoms with Crippen LogP contribution in [0.4, 0.5) is 10.5 Å². The van der Waals surface area contributed by atoms with E-state index in [4.69, 9.17) is 32.8 Å².